The third-order valence-electron chi connectivity index (χ3n) is 2.41. The summed E-state index contributed by atoms with van der Waals surface area (Å²) in [4.78, 5) is 17.9. The van der Waals surface area contributed by atoms with Gasteiger partial charge in [-0.05, 0) is 0 Å². The third kappa shape index (κ3) is 2.38. The van der Waals surface area contributed by atoms with Crippen LogP contribution in [0, 0.1) is 11.3 Å². The van der Waals surface area contributed by atoms with Crippen LogP contribution in [0.5, 0.6) is 0 Å². The molecule has 0 saturated carbocycles. The second-order valence-electron chi connectivity index (χ2n) is 3.50. The number of carbonyl (C=O) groups excluding carboxylic acids is 1. The number of thiazole rings is 1. The van der Waals surface area contributed by atoms with Crippen molar-refractivity contribution in [1.82, 2.24) is 15.2 Å². The van der Waals surface area contributed by atoms with Crippen molar-refractivity contribution < 1.29 is 4.79 Å². The summed E-state index contributed by atoms with van der Waals surface area (Å²) in [5.41, 5.74) is 0.470. The predicted octanol–water partition coefficient (Wildman–Crippen LogP) is 0.255. The molecule has 2 heterocycles. The number of hydrogen-bond acceptors (Lipinski definition) is 5. The molecule has 16 heavy (non-hydrogen) atoms. The topological polar surface area (TPSA) is 69.0 Å². The van der Waals surface area contributed by atoms with Crippen molar-refractivity contribution in [2.24, 2.45) is 0 Å². The van der Waals surface area contributed by atoms with Crippen molar-refractivity contribution >= 4 is 17.2 Å². The van der Waals surface area contributed by atoms with E-state index in [0.717, 1.165) is 26.2 Å². The van der Waals surface area contributed by atoms with Gasteiger partial charge < -0.3 is 10.2 Å². The molecule has 1 aliphatic heterocycles. The van der Waals surface area contributed by atoms with Crippen LogP contribution in [0.15, 0.2) is 5.38 Å². The van der Waals surface area contributed by atoms with E-state index in [2.05, 4.69) is 10.3 Å². The predicted molar refractivity (Wildman–Crippen MR) is 60.2 cm³/mol. The summed E-state index contributed by atoms with van der Waals surface area (Å²) >= 11 is 1.37. The van der Waals surface area contributed by atoms with Gasteiger partial charge in [-0.2, -0.15) is 5.26 Å². The van der Waals surface area contributed by atoms with Crippen LogP contribution in [0.3, 0.4) is 0 Å². The fourth-order valence-electron chi connectivity index (χ4n) is 1.59. The van der Waals surface area contributed by atoms with E-state index < -0.39 is 0 Å². The number of aromatic nitrogens is 1. The van der Waals surface area contributed by atoms with Crippen LogP contribution in [-0.4, -0.2) is 42.0 Å². The fraction of sp³-hybridized carbons (Fsp3) is 0.500. The molecule has 0 bridgehead atoms. The van der Waals surface area contributed by atoms with Gasteiger partial charge in [0, 0.05) is 31.6 Å². The minimum absolute atomic E-state index is 0.0260. The van der Waals surface area contributed by atoms with Crippen molar-refractivity contribution in [2.45, 2.75) is 6.42 Å². The summed E-state index contributed by atoms with van der Waals surface area (Å²) in [6, 6.07) is 2.03. The van der Waals surface area contributed by atoms with Crippen molar-refractivity contribution in [3.05, 3.63) is 16.1 Å². The smallest absolute Gasteiger partial charge is 0.273 e. The number of nitrogens with zero attached hydrogens (tertiary/aromatic N) is 3. The highest BCUT2D eigenvalue weighted by molar-refractivity contribution is 7.09. The van der Waals surface area contributed by atoms with Crippen LogP contribution in [0.2, 0.25) is 0 Å². The molecule has 0 aliphatic carbocycles. The van der Waals surface area contributed by atoms with Crippen LogP contribution in [0.25, 0.3) is 0 Å². The summed E-state index contributed by atoms with van der Waals surface area (Å²) in [7, 11) is 0. The van der Waals surface area contributed by atoms with Gasteiger partial charge in [0.1, 0.15) is 10.7 Å². The molecule has 0 radical (unpaired) electrons. The summed E-state index contributed by atoms with van der Waals surface area (Å²) in [5, 5.41) is 14.2. The third-order valence-corrected chi connectivity index (χ3v) is 3.25. The lowest BCUT2D eigenvalue weighted by Gasteiger charge is -2.26. The van der Waals surface area contributed by atoms with Crippen molar-refractivity contribution in [1.29, 1.82) is 5.26 Å². The Bertz CT molecular complexity index is 417. The lowest BCUT2D eigenvalue weighted by molar-refractivity contribution is 0.0730. The molecule has 1 aromatic heterocycles. The molecule has 5 nitrogen and oxygen atoms in total. The normalized spacial score (nSPS) is 15.8. The maximum atomic E-state index is 12.0. The van der Waals surface area contributed by atoms with Crippen molar-refractivity contribution in [3.8, 4) is 6.07 Å². The van der Waals surface area contributed by atoms with Gasteiger partial charge in [0.15, 0.2) is 0 Å². The summed E-state index contributed by atoms with van der Waals surface area (Å²) in [6.45, 7) is 3.12. The number of carbonyl (C=O) groups is 1. The Balaban J connectivity index is 2.05. The van der Waals surface area contributed by atoms with E-state index in [1.54, 1.807) is 10.3 Å². The van der Waals surface area contributed by atoms with Crippen LogP contribution in [0.1, 0.15) is 15.5 Å². The minimum Gasteiger partial charge on any atom is -0.335 e. The number of rotatable bonds is 2. The molecule has 1 aromatic rings. The Morgan fingerprint density at radius 1 is 1.62 bits per heavy atom. The molecule has 1 amide bonds. The molecule has 1 saturated heterocycles. The summed E-state index contributed by atoms with van der Waals surface area (Å²) in [5.74, 6) is -0.0260. The van der Waals surface area contributed by atoms with Crippen LogP contribution >= 0.6 is 11.3 Å². The molecule has 0 spiro atoms. The number of piperazine rings is 1. The van der Waals surface area contributed by atoms with E-state index in [9.17, 15) is 4.79 Å². The molecule has 6 heteroatoms. The molecule has 1 fully saturated rings. The molecule has 84 valence electrons. The highest BCUT2D eigenvalue weighted by atomic mass is 32.1. The summed E-state index contributed by atoms with van der Waals surface area (Å²) < 4.78 is 0. The van der Waals surface area contributed by atoms with Crippen LogP contribution in [0.4, 0.5) is 0 Å². The second-order valence-corrected chi connectivity index (χ2v) is 4.45. The van der Waals surface area contributed by atoms with E-state index in [4.69, 9.17) is 5.26 Å². The zero-order valence-electron chi connectivity index (χ0n) is 8.77. The average Bonchev–Trinajstić information content (AvgIpc) is 2.78. The van der Waals surface area contributed by atoms with Gasteiger partial charge in [-0.3, -0.25) is 4.79 Å². The Morgan fingerprint density at radius 2 is 2.38 bits per heavy atom. The molecule has 0 unspecified atom stereocenters. The Labute approximate surface area is 97.7 Å². The van der Waals surface area contributed by atoms with Gasteiger partial charge in [-0.15, -0.1) is 11.3 Å². The Kier molecular flexibility index (Phi) is 3.49. The average molecular weight is 236 g/mol. The monoisotopic (exact) mass is 236 g/mol. The van der Waals surface area contributed by atoms with E-state index in [1.165, 1.54) is 11.3 Å². The zero-order valence-corrected chi connectivity index (χ0v) is 9.59. The number of nitriles is 1. The first-order chi connectivity index (χ1) is 7.81. The van der Waals surface area contributed by atoms with E-state index in [0.29, 0.717) is 10.7 Å². The standard InChI is InChI=1S/C10H12N4OS/c11-2-1-9-13-8(7-16-9)10(15)14-5-3-12-4-6-14/h7,12H,1,3-6H2. The highest BCUT2D eigenvalue weighted by Crippen LogP contribution is 2.12. The largest absolute Gasteiger partial charge is 0.335 e. The number of hydrogen-bond donors (Lipinski definition) is 1. The lowest BCUT2D eigenvalue weighted by atomic mass is 10.3. The van der Waals surface area contributed by atoms with E-state index in [-0.39, 0.29) is 12.3 Å². The van der Waals surface area contributed by atoms with Gasteiger partial charge in [-0.25, -0.2) is 4.98 Å². The maximum absolute atomic E-state index is 12.0. The summed E-state index contributed by atoms with van der Waals surface area (Å²) in [6.07, 6.45) is 0.277. The van der Waals surface area contributed by atoms with Gasteiger partial charge in [0.25, 0.3) is 5.91 Å². The first-order valence-corrected chi connectivity index (χ1v) is 6.00. The highest BCUT2D eigenvalue weighted by Gasteiger charge is 2.20. The molecule has 1 aliphatic rings. The molecule has 2 rings (SSSR count). The quantitative estimate of drug-likeness (QED) is 0.799. The van der Waals surface area contributed by atoms with Crippen LogP contribution in [-0.2, 0) is 6.42 Å². The number of nitrogens with one attached hydrogen (secondary N) is 1. The Hall–Kier alpha value is -1.45. The first kappa shape index (κ1) is 11.0. The molecule has 0 aromatic carbocycles. The SMILES string of the molecule is N#CCc1nc(C(=O)N2CCNCC2)cs1. The lowest BCUT2D eigenvalue weighted by Crippen LogP contribution is -2.46. The second kappa shape index (κ2) is 5.05. The minimum atomic E-state index is -0.0260. The molecular formula is C10H12N4OS. The number of amides is 1. The van der Waals surface area contributed by atoms with Crippen molar-refractivity contribution in [3.63, 3.8) is 0 Å². The fourth-order valence-corrected chi connectivity index (χ4v) is 2.29. The van der Waals surface area contributed by atoms with Gasteiger partial charge in [-0.1, -0.05) is 0 Å². The van der Waals surface area contributed by atoms with Crippen molar-refractivity contribution in [2.75, 3.05) is 26.2 Å². The van der Waals surface area contributed by atoms with Gasteiger partial charge >= 0.3 is 0 Å². The maximum Gasteiger partial charge on any atom is 0.273 e. The Morgan fingerprint density at radius 3 is 3.06 bits per heavy atom. The molecular weight excluding hydrogens is 224 g/mol. The first-order valence-electron chi connectivity index (χ1n) is 5.12. The zero-order chi connectivity index (χ0) is 11.4. The van der Waals surface area contributed by atoms with E-state index >= 15 is 0 Å². The molecule has 1 N–H and O–H groups in total. The molecule has 0 atom stereocenters. The van der Waals surface area contributed by atoms with Gasteiger partial charge in [0.05, 0.1) is 12.5 Å². The van der Waals surface area contributed by atoms with Crippen LogP contribution < -0.4 is 5.32 Å². The van der Waals surface area contributed by atoms with Gasteiger partial charge in [0.2, 0.25) is 0 Å². The van der Waals surface area contributed by atoms with E-state index in [1.807, 2.05) is 6.07 Å².